The molecule has 2 rings (SSSR count). The highest BCUT2D eigenvalue weighted by molar-refractivity contribution is 6.32. The summed E-state index contributed by atoms with van der Waals surface area (Å²) in [6.07, 6.45) is 3.28. The molecule has 0 aliphatic heterocycles. The Kier molecular flexibility index (Phi) is 6.98. The molecular formula is C19H22ClN3O2. The van der Waals surface area contributed by atoms with Gasteiger partial charge in [0.2, 0.25) is 5.91 Å². The second-order valence-electron chi connectivity index (χ2n) is 5.67. The SMILES string of the molecule is C=CCOc1ccc(CN(C)C(C)C(=O)Nc2cccnc2Cl)cc1. The van der Waals surface area contributed by atoms with Crippen LogP contribution >= 0.6 is 11.6 Å². The molecule has 1 atom stereocenters. The quantitative estimate of drug-likeness (QED) is 0.576. The number of nitrogens with one attached hydrogen (secondary N) is 1. The summed E-state index contributed by atoms with van der Waals surface area (Å²) in [5, 5.41) is 3.08. The van der Waals surface area contributed by atoms with Gasteiger partial charge < -0.3 is 10.1 Å². The van der Waals surface area contributed by atoms with Gasteiger partial charge in [0.1, 0.15) is 12.4 Å². The van der Waals surface area contributed by atoms with Gasteiger partial charge in [-0.2, -0.15) is 0 Å². The van der Waals surface area contributed by atoms with Crippen molar-refractivity contribution in [3.63, 3.8) is 0 Å². The van der Waals surface area contributed by atoms with Crippen LogP contribution in [-0.2, 0) is 11.3 Å². The second kappa shape index (κ2) is 9.20. The molecule has 0 fully saturated rings. The van der Waals surface area contributed by atoms with Gasteiger partial charge in [0, 0.05) is 12.7 Å². The van der Waals surface area contributed by atoms with Gasteiger partial charge in [0.15, 0.2) is 5.15 Å². The molecule has 2 aromatic rings. The van der Waals surface area contributed by atoms with Crippen LogP contribution in [0.15, 0.2) is 55.3 Å². The summed E-state index contributed by atoms with van der Waals surface area (Å²) in [6, 6.07) is 10.9. The number of hydrogen-bond acceptors (Lipinski definition) is 4. The van der Waals surface area contributed by atoms with E-state index in [-0.39, 0.29) is 17.1 Å². The minimum Gasteiger partial charge on any atom is -0.490 e. The Morgan fingerprint density at radius 2 is 2.12 bits per heavy atom. The van der Waals surface area contributed by atoms with Crippen molar-refractivity contribution in [2.24, 2.45) is 0 Å². The summed E-state index contributed by atoms with van der Waals surface area (Å²) in [6.45, 7) is 6.59. The molecule has 1 amide bonds. The van der Waals surface area contributed by atoms with Crippen LogP contribution in [0, 0.1) is 0 Å². The van der Waals surface area contributed by atoms with Gasteiger partial charge in [-0.25, -0.2) is 4.98 Å². The number of pyridine rings is 1. The summed E-state index contributed by atoms with van der Waals surface area (Å²) >= 11 is 5.98. The maximum atomic E-state index is 12.4. The van der Waals surface area contributed by atoms with E-state index in [1.165, 1.54) is 0 Å². The molecule has 0 radical (unpaired) electrons. The monoisotopic (exact) mass is 359 g/mol. The van der Waals surface area contributed by atoms with E-state index >= 15 is 0 Å². The predicted octanol–water partition coefficient (Wildman–Crippen LogP) is 3.76. The Balaban J connectivity index is 1.92. The van der Waals surface area contributed by atoms with E-state index in [2.05, 4.69) is 16.9 Å². The molecule has 0 aliphatic rings. The lowest BCUT2D eigenvalue weighted by Crippen LogP contribution is -2.39. The van der Waals surface area contributed by atoms with Crippen molar-refractivity contribution in [1.29, 1.82) is 0 Å². The Hall–Kier alpha value is -2.37. The lowest BCUT2D eigenvalue weighted by atomic mass is 10.1. The van der Waals surface area contributed by atoms with Crippen molar-refractivity contribution in [3.05, 3.63) is 66.0 Å². The van der Waals surface area contributed by atoms with Gasteiger partial charge in [0.25, 0.3) is 0 Å². The van der Waals surface area contributed by atoms with Crippen molar-refractivity contribution in [3.8, 4) is 5.75 Å². The number of aromatic nitrogens is 1. The van der Waals surface area contributed by atoms with Crippen LogP contribution in [0.5, 0.6) is 5.75 Å². The highest BCUT2D eigenvalue weighted by Gasteiger charge is 2.19. The maximum absolute atomic E-state index is 12.4. The first-order valence-corrected chi connectivity index (χ1v) is 8.33. The van der Waals surface area contributed by atoms with Crippen molar-refractivity contribution in [2.75, 3.05) is 19.0 Å². The van der Waals surface area contributed by atoms with Crippen molar-refractivity contribution < 1.29 is 9.53 Å². The molecule has 0 aliphatic carbocycles. The number of hydrogen-bond donors (Lipinski definition) is 1. The fraction of sp³-hybridized carbons (Fsp3) is 0.263. The van der Waals surface area contributed by atoms with E-state index < -0.39 is 0 Å². The number of benzene rings is 1. The molecule has 0 saturated heterocycles. The number of nitrogens with zero attached hydrogens (tertiary/aromatic N) is 2. The Morgan fingerprint density at radius 1 is 1.40 bits per heavy atom. The maximum Gasteiger partial charge on any atom is 0.241 e. The van der Waals surface area contributed by atoms with Crippen LogP contribution in [0.4, 0.5) is 5.69 Å². The first kappa shape index (κ1) is 19.0. The predicted molar refractivity (Wildman–Crippen MR) is 101 cm³/mol. The summed E-state index contributed by atoms with van der Waals surface area (Å²) in [7, 11) is 1.90. The summed E-state index contributed by atoms with van der Waals surface area (Å²) in [5.41, 5.74) is 1.60. The molecule has 1 unspecified atom stereocenters. The number of ether oxygens (including phenoxy) is 1. The number of halogens is 1. The zero-order valence-corrected chi connectivity index (χ0v) is 15.2. The molecule has 6 heteroatoms. The van der Waals surface area contributed by atoms with E-state index in [0.717, 1.165) is 11.3 Å². The average molecular weight is 360 g/mol. The number of amides is 1. The van der Waals surface area contributed by atoms with E-state index in [1.807, 2.05) is 43.1 Å². The highest BCUT2D eigenvalue weighted by atomic mass is 35.5. The first-order chi connectivity index (χ1) is 12.0. The zero-order chi connectivity index (χ0) is 18.2. The normalized spacial score (nSPS) is 11.8. The van der Waals surface area contributed by atoms with Crippen molar-refractivity contribution in [2.45, 2.75) is 19.5 Å². The van der Waals surface area contributed by atoms with Crippen LogP contribution in [0.3, 0.4) is 0 Å². The average Bonchev–Trinajstić information content (AvgIpc) is 2.62. The van der Waals surface area contributed by atoms with Crippen LogP contribution in [0.2, 0.25) is 5.15 Å². The molecule has 25 heavy (non-hydrogen) atoms. The minimum absolute atomic E-state index is 0.136. The van der Waals surface area contributed by atoms with Crippen molar-refractivity contribution in [1.82, 2.24) is 9.88 Å². The second-order valence-corrected chi connectivity index (χ2v) is 6.02. The van der Waals surface area contributed by atoms with Crippen LogP contribution in [0.1, 0.15) is 12.5 Å². The molecule has 5 nitrogen and oxygen atoms in total. The van der Waals surface area contributed by atoms with Crippen LogP contribution in [-0.4, -0.2) is 35.5 Å². The van der Waals surface area contributed by atoms with Crippen molar-refractivity contribution >= 4 is 23.2 Å². The lowest BCUT2D eigenvalue weighted by Gasteiger charge is -2.24. The fourth-order valence-electron chi connectivity index (χ4n) is 2.19. The van der Waals surface area contributed by atoms with Gasteiger partial charge in [-0.15, -0.1) is 0 Å². The van der Waals surface area contributed by atoms with Gasteiger partial charge in [-0.1, -0.05) is 36.4 Å². The molecule has 1 heterocycles. The number of rotatable bonds is 8. The van der Waals surface area contributed by atoms with Crippen LogP contribution < -0.4 is 10.1 Å². The third kappa shape index (κ3) is 5.59. The molecule has 0 spiro atoms. The molecule has 1 N–H and O–H groups in total. The summed E-state index contributed by atoms with van der Waals surface area (Å²) < 4.78 is 5.46. The van der Waals surface area contributed by atoms with E-state index in [1.54, 1.807) is 24.4 Å². The van der Waals surface area contributed by atoms with Crippen LogP contribution in [0.25, 0.3) is 0 Å². The number of carbonyl (C=O) groups excluding carboxylic acids is 1. The van der Waals surface area contributed by atoms with E-state index in [4.69, 9.17) is 16.3 Å². The van der Waals surface area contributed by atoms with E-state index in [0.29, 0.717) is 18.8 Å². The zero-order valence-electron chi connectivity index (χ0n) is 14.4. The molecule has 0 saturated carbocycles. The molecule has 1 aromatic heterocycles. The Morgan fingerprint density at radius 3 is 2.76 bits per heavy atom. The molecule has 0 bridgehead atoms. The van der Waals surface area contributed by atoms with Gasteiger partial charge in [0.05, 0.1) is 11.7 Å². The topological polar surface area (TPSA) is 54.5 Å². The summed E-state index contributed by atoms with van der Waals surface area (Å²) in [4.78, 5) is 18.3. The Bertz CT molecular complexity index is 719. The lowest BCUT2D eigenvalue weighted by molar-refractivity contribution is -0.120. The smallest absolute Gasteiger partial charge is 0.241 e. The Labute approximate surface area is 153 Å². The standard InChI is InChI=1S/C19H22ClN3O2/c1-4-12-25-16-9-7-15(8-10-16)13-23(3)14(2)19(24)22-17-6-5-11-21-18(17)20/h4-11,14H,1,12-13H2,2-3H3,(H,22,24). The van der Waals surface area contributed by atoms with Gasteiger partial charge in [-0.05, 0) is 43.8 Å². The molecule has 1 aromatic carbocycles. The largest absolute Gasteiger partial charge is 0.490 e. The fourth-order valence-corrected chi connectivity index (χ4v) is 2.35. The number of anilines is 1. The molecular weight excluding hydrogens is 338 g/mol. The highest BCUT2D eigenvalue weighted by Crippen LogP contribution is 2.19. The molecule has 132 valence electrons. The minimum atomic E-state index is -0.326. The van der Waals surface area contributed by atoms with Gasteiger partial charge >= 0.3 is 0 Å². The van der Waals surface area contributed by atoms with Gasteiger partial charge in [-0.3, -0.25) is 9.69 Å². The first-order valence-electron chi connectivity index (χ1n) is 7.95. The third-order valence-electron chi connectivity index (χ3n) is 3.78. The third-order valence-corrected chi connectivity index (χ3v) is 4.08. The summed E-state index contributed by atoms with van der Waals surface area (Å²) in [5.74, 6) is 0.659. The number of carbonyl (C=O) groups is 1. The number of likely N-dealkylation sites (N-methyl/N-ethyl adjacent to an activating group) is 1. The van der Waals surface area contributed by atoms with E-state index in [9.17, 15) is 4.79 Å².